The quantitative estimate of drug-likeness (QED) is 0.766. The van der Waals surface area contributed by atoms with Gasteiger partial charge in [0, 0.05) is 5.69 Å². The average Bonchev–Trinajstić information content (AvgIpc) is 2.27. The minimum atomic E-state index is -5.04. The first-order valence-corrected chi connectivity index (χ1v) is 4.18. The van der Waals surface area contributed by atoms with Crippen molar-refractivity contribution in [1.29, 1.82) is 5.26 Å². The number of rotatable bonds is 1. The van der Waals surface area contributed by atoms with Gasteiger partial charge >= 0.3 is 12.1 Å². The third-order valence-corrected chi connectivity index (χ3v) is 1.76. The molecule has 1 aromatic carbocycles. The van der Waals surface area contributed by atoms with Crippen LogP contribution >= 0.6 is 0 Å². The molecule has 0 aromatic heterocycles. The summed E-state index contributed by atoms with van der Waals surface area (Å²) < 4.78 is 36.0. The Kier molecular flexibility index (Phi) is 3.34. The highest BCUT2D eigenvalue weighted by molar-refractivity contribution is 5.96. The number of anilines is 1. The predicted octanol–water partition coefficient (Wildman–Crippen LogP) is 2.61. The van der Waals surface area contributed by atoms with E-state index in [4.69, 9.17) is 11.8 Å². The van der Waals surface area contributed by atoms with Crippen molar-refractivity contribution in [2.75, 3.05) is 5.32 Å². The third-order valence-electron chi connectivity index (χ3n) is 1.76. The van der Waals surface area contributed by atoms with E-state index in [2.05, 4.69) is 4.85 Å². The fourth-order valence-corrected chi connectivity index (χ4v) is 0.996. The Balaban J connectivity index is 3.10. The van der Waals surface area contributed by atoms with E-state index in [0.717, 1.165) is 6.07 Å². The molecule has 0 heterocycles. The van der Waals surface area contributed by atoms with E-state index in [1.54, 1.807) is 11.4 Å². The van der Waals surface area contributed by atoms with Crippen LogP contribution in [0.3, 0.4) is 0 Å². The lowest BCUT2D eigenvalue weighted by atomic mass is 10.1. The third kappa shape index (κ3) is 2.95. The number of hydrogen-bond acceptors (Lipinski definition) is 2. The van der Waals surface area contributed by atoms with Gasteiger partial charge in [-0.2, -0.15) is 18.4 Å². The molecular weight excluding hydrogens is 235 g/mol. The monoisotopic (exact) mass is 239 g/mol. The van der Waals surface area contributed by atoms with Gasteiger partial charge in [-0.15, -0.1) is 0 Å². The number of nitriles is 1. The molecule has 1 aromatic rings. The molecule has 1 rings (SSSR count). The first-order valence-electron chi connectivity index (χ1n) is 4.18. The number of halogens is 3. The molecule has 4 nitrogen and oxygen atoms in total. The highest BCUT2D eigenvalue weighted by atomic mass is 19.4. The maximum Gasteiger partial charge on any atom is 0.471 e. The molecule has 0 fully saturated rings. The molecule has 0 aliphatic rings. The molecular formula is C10H4F3N3O. The molecule has 86 valence electrons. The zero-order valence-corrected chi connectivity index (χ0v) is 8.17. The Morgan fingerprint density at radius 1 is 1.47 bits per heavy atom. The molecule has 0 unspecified atom stereocenters. The second-order valence-electron chi connectivity index (χ2n) is 2.91. The summed E-state index contributed by atoms with van der Waals surface area (Å²) in [5, 5.41) is 10.2. The van der Waals surface area contributed by atoms with Crippen molar-refractivity contribution in [1.82, 2.24) is 0 Å². The Bertz CT molecular complexity index is 537. The van der Waals surface area contributed by atoms with E-state index in [9.17, 15) is 18.0 Å². The summed E-state index contributed by atoms with van der Waals surface area (Å²) in [6.45, 7) is 6.68. The normalized spacial score (nSPS) is 10.2. The molecule has 0 bridgehead atoms. The number of carbonyl (C=O) groups is 1. The van der Waals surface area contributed by atoms with Gasteiger partial charge in [0.05, 0.1) is 12.1 Å². The van der Waals surface area contributed by atoms with Crippen molar-refractivity contribution < 1.29 is 18.0 Å². The highest BCUT2D eigenvalue weighted by Gasteiger charge is 2.38. The second-order valence-corrected chi connectivity index (χ2v) is 2.91. The minimum absolute atomic E-state index is 0.0291. The molecule has 17 heavy (non-hydrogen) atoms. The number of benzene rings is 1. The molecule has 0 radical (unpaired) electrons. The van der Waals surface area contributed by atoms with Crippen molar-refractivity contribution >= 4 is 17.3 Å². The van der Waals surface area contributed by atoms with Gasteiger partial charge in [0.25, 0.3) is 0 Å². The topological polar surface area (TPSA) is 57.2 Å². The van der Waals surface area contributed by atoms with Gasteiger partial charge < -0.3 is 5.32 Å². The van der Waals surface area contributed by atoms with Crippen LogP contribution in [-0.2, 0) is 4.79 Å². The molecule has 0 aliphatic carbocycles. The van der Waals surface area contributed by atoms with Crippen LogP contribution in [0.5, 0.6) is 0 Å². The first-order chi connectivity index (χ1) is 7.88. The smallest absolute Gasteiger partial charge is 0.318 e. The molecule has 0 saturated carbocycles. The van der Waals surface area contributed by atoms with Gasteiger partial charge in [-0.05, 0) is 6.07 Å². The Hall–Kier alpha value is -2.54. The number of nitrogens with one attached hydrogen (secondary N) is 1. The number of amides is 1. The van der Waals surface area contributed by atoms with Crippen LogP contribution in [0.4, 0.5) is 24.5 Å². The molecule has 1 N–H and O–H groups in total. The van der Waals surface area contributed by atoms with Crippen LogP contribution in [0.25, 0.3) is 4.85 Å². The molecule has 1 amide bonds. The van der Waals surface area contributed by atoms with Gasteiger partial charge in [-0.3, -0.25) is 4.79 Å². The zero-order valence-electron chi connectivity index (χ0n) is 8.17. The van der Waals surface area contributed by atoms with E-state index in [-0.39, 0.29) is 16.9 Å². The van der Waals surface area contributed by atoms with E-state index < -0.39 is 12.1 Å². The number of hydrogen-bond donors (Lipinski definition) is 1. The van der Waals surface area contributed by atoms with Crippen molar-refractivity contribution in [3.63, 3.8) is 0 Å². The Labute approximate surface area is 94.1 Å². The van der Waals surface area contributed by atoms with Gasteiger partial charge in [0.1, 0.15) is 6.07 Å². The van der Waals surface area contributed by atoms with Crippen molar-refractivity contribution in [2.24, 2.45) is 0 Å². The van der Waals surface area contributed by atoms with Crippen LogP contribution in [0.1, 0.15) is 5.56 Å². The summed E-state index contributed by atoms with van der Waals surface area (Å²) in [6.07, 6.45) is -5.04. The van der Waals surface area contributed by atoms with Crippen LogP contribution in [0, 0.1) is 17.9 Å². The molecule has 7 heteroatoms. The summed E-state index contributed by atoms with van der Waals surface area (Å²) in [5.74, 6) is -2.18. The summed E-state index contributed by atoms with van der Waals surface area (Å²) in [7, 11) is 0. The molecule has 0 atom stereocenters. The van der Waals surface area contributed by atoms with E-state index in [1.807, 2.05) is 0 Å². The van der Waals surface area contributed by atoms with E-state index in [1.165, 1.54) is 12.1 Å². The summed E-state index contributed by atoms with van der Waals surface area (Å²) in [6, 6.07) is 5.07. The highest BCUT2D eigenvalue weighted by Crippen LogP contribution is 2.25. The lowest BCUT2D eigenvalue weighted by molar-refractivity contribution is -0.167. The standard InChI is InChI=1S/C10H4F3N3O/c1-15-7-3-2-6(5-14)8(4-7)16-9(17)10(11,12)13/h2-4H,(H,16,17). The number of carbonyl (C=O) groups excluding carboxylic acids is 1. The van der Waals surface area contributed by atoms with Crippen LogP contribution in [0.15, 0.2) is 18.2 Å². The number of nitrogens with zero attached hydrogens (tertiary/aromatic N) is 2. The number of alkyl halides is 3. The van der Waals surface area contributed by atoms with Gasteiger partial charge in [-0.1, -0.05) is 12.1 Å². The summed E-state index contributed by atoms with van der Waals surface area (Å²) in [4.78, 5) is 13.7. The maximum atomic E-state index is 12.0. The lowest BCUT2D eigenvalue weighted by Crippen LogP contribution is -2.30. The first kappa shape index (κ1) is 12.5. The van der Waals surface area contributed by atoms with E-state index >= 15 is 0 Å². The Morgan fingerprint density at radius 2 is 2.12 bits per heavy atom. The van der Waals surface area contributed by atoms with Crippen molar-refractivity contribution in [3.05, 3.63) is 35.2 Å². The fraction of sp³-hybridized carbons (Fsp3) is 0.100. The predicted molar refractivity (Wildman–Crippen MR) is 52.1 cm³/mol. The van der Waals surface area contributed by atoms with Crippen LogP contribution in [0.2, 0.25) is 0 Å². The molecule has 0 spiro atoms. The van der Waals surface area contributed by atoms with Crippen molar-refractivity contribution in [3.8, 4) is 6.07 Å². The van der Waals surface area contributed by atoms with Gasteiger partial charge in [-0.25, -0.2) is 4.85 Å². The minimum Gasteiger partial charge on any atom is -0.318 e. The van der Waals surface area contributed by atoms with Gasteiger partial charge in [0.15, 0.2) is 5.69 Å². The lowest BCUT2D eigenvalue weighted by Gasteiger charge is -2.09. The van der Waals surface area contributed by atoms with Crippen molar-refractivity contribution in [2.45, 2.75) is 6.18 Å². The van der Waals surface area contributed by atoms with Gasteiger partial charge in [0.2, 0.25) is 0 Å². The molecule has 0 saturated heterocycles. The maximum absolute atomic E-state index is 12.0. The SMILES string of the molecule is [C-]#[N+]c1ccc(C#N)c(NC(=O)C(F)(F)F)c1. The Morgan fingerprint density at radius 3 is 2.59 bits per heavy atom. The van der Waals surface area contributed by atoms with Crippen LogP contribution < -0.4 is 5.32 Å². The largest absolute Gasteiger partial charge is 0.471 e. The fourth-order valence-electron chi connectivity index (χ4n) is 0.996. The summed E-state index contributed by atoms with van der Waals surface area (Å²) >= 11 is 0. The second kappa shape index (κ2) is 4.54. The zero-order chi connectivity index (χ0) is 13.1. The average molecular weight is 239 g/mol. The summed E-state index contributed by atoms with van der Waals surface area (Å²) in [5.41, 5.74) is -0.445. The van der Waals surface area contributed by atoms with E-state index in [0.29, 0.717) is 0 Å². The molecule has 0 aliphatic heterocycles. The van der Waals surface area contributed by atoms with Crippen LogP contribution in [-0.4, -0.2) is 12.1 Å².